The summed E-state index contributed by atoms with van der Waals surface area (Å²) in [5.41, 5.74) is 8.71. The van der Waals surface area contributed by atoms with E-state index < -0.39 is 0 Å². The SMILES string of the molecule is Nc1cc(Cl)ccc1C(=O)Nc1cccc2n[se]nc12. The van der Waals surface area contributed by atoms with Crippen LogP contribution in [0.25, 0.3) is 11.0 Å². The van der Waals surface area contributed by atoms with Crippen LogP contribution >= 0.6 is 11.6 Å². The summed E-state index contributed by atoms with van der Waals surface area (Å²) in [5.74, 6) is -0.290. The number of nitrogen functional groups attached to an aromatic ring is 1. The van der Waals surface area contributed by atoms with Crippen molar-refractivity contribution < 1.29 is 4.79 Å². The Kier molecular flexibility index (Phi) is 3.44. The molecule has 0 saturated carbocycles. The molecule has 1 amide bonds. The van der Waals surface area contributed by atoms with Crippen molar-refractivity contribution in [2.24, 2.45) is 0 Å². The van der Waals surface area contributed by atoms with E-state index in [0.29, 0.717) is 22.0 Å². The predicted molar refractivity (Wildman–Crippen MR) is 80.3 cm³/mol. The van der Waals surface area contributed by atoms with Crippen LogP contribution in [0.4, 0.5) is 11.4 Å². The monoisotopic (exact) mass is 352 g/mol. The summed E-state index contributed by atoms with van der Waals surface area (Å²) < 4.78 is 8.58. The third-order valence-electron chi connectivity index (χ3n) is 2.79. The van der Waals surface area contributed by atoms with Gasteiger partial charge in [-0.15, -0.1) is 0 Å². The fourth-order valence-corrected chi connectivity index (χ4v) is 3.17. The average Bonchev–Trinajstić information content (AvgIpc) is 2.87. The number of fused-ring (bicyclic) bond motifs is 1. The van der Waals surface area contributed by atoms with Crippen LogP contribution in [0.1, 0.15) is 10.4 Å². The van der Waals surface area contributed by atoms with E-state index in [-0.39, 0.29) is 20.9 Å². The predicted octanol–water partition coefficient (Wildman–Crippen LogP) is 2.17. The fraction of sp³-hybridized carbons (Fsp3) is 0. The molecular weight excluding hydrogens is 343 g/mol. The van der Waals surface area contributed by atoms with E-state index in [4.69, 9.17) is 17.3 Å². The van der Waals surface area contributed by atoms with E-state index >= 15 is 0 Å². The zero-order chi connectivity index (χ0) is 14.1. The summed E-state index contributed by atoms with van der Waals surface area (Å²) in [6, 6.07) is 10.3. The summed E-state index contributed by atoms with van der Waals surface area (Å²) in [5, 5.41) is 3.31. The Labute approximate surface area is 126 Å². The second-order valence-electron chi connectivity index (χ2n) is 4.12. The van der Waals surface area contributed by atoms with Gasteiger partial charge >= 0.3 is 126 Å². The van der Waals surface area contributed by atoms with Gasteiger partial charge in [0.15, 0.2) is 0 Å². The zero-order valence-electron chi connectivity index (χ0n) is 10.1. The number of nitrogens with two attached hydrogens (primary N) is 1. The Balaban J connectivity index is 1.94. The van der Waals surface area contributed by atoms with Crippen molar-refractivity contribution >= 4 is 54.9 Å². The van der Waals surface area contributed by atoms with Gasteiger partial charge in [-0.1, -0.05) is 0 Å². The first-order chi connectivity index (χ1) is 9.65. The number of nitrogens with one attached hydrogen (secondary N) is 1. The van der Waals surface area contributed by atoms with Crippen LogP contribution in [-0.2, 0) is 0 Å². The number of halogens is 1. The first-order valence-electron chi connectivity index (χ1n) is 5.73. The van der Waals surface area contributed by atoms with Gasteiger partial charge in [-0.25, -0.2) is 0 Å². The van der Waals surface area contributed by atoms with Gasteiger partial charge in [0.2, 0.25) is 0 Å². The van der Waals surface area contributed by atoms with E-state index in [1.54, 1.807) is 24.3 Å². The van der Waals surface area contributed by atoms with Crippen LogP contribution in [0.2, 0.25) is 5.02 Å². The molecule has 7 heteroatoms. The second-order valence-corrected chi connectivity index (χ2v) is 5.67. The third kappa shape index (κ3) is 2.41. The Morgan fingerprint density at radius 3 is 2.90 bits per heavy atom. The van der Waals surface area contributed by atoms with Gasteiger partial charge in [0.1, 0.15) is 0 Å². The first-order valence-corrected chi connectivity index (χ1v) is 7.64. The molecule has 0 spiro atoms. The molecule has 20 heavy (non-hydrogen) atoms. The molecule has 0 aliphatic heterocycles. The maximum atomic E-state index is 12.2. The van der Waals surface area contributed by atoms with E-state index in [1.165, 1.54) is 0 Å². The number of hydrogen-bond donors (Lipinski definition) is 2. The van der Waals surface area contributed by atoms with Crippen LogP contribution in [0.3, 0.4) is 0 Å². The molecule has 0 atom stereocenters. The van der Waals surface area contributed by atoms with Gasteiger partial charge in [0.05, 0.1) is 0 Å². The van der Waals surface area contributed by atoms with Gasteiger partial charge in [-0.3, -0.25) is 0 Å². The molecule has 2 aromatic carbocycles. The van der Waals surface area contributed by atoms with Gasteiger partial charge in [0, 0.05) is 0 Å². The summed E-state index contributed by atoms with van der Waals surface area (Å²) in [6.07, 6.45) is 0. The number of carbonyl (C=O) groups is 1. The van der Waals surface area contributed by atoms with Crippen molar-refractivity contribution in [1.82, 2.24) is 7.96 Å². The zero-order valence-corrected chi connectivity index (χ0v) is 12.6. The summed E-state index contributed by atoms with van der Waals surface area (Å²) in [7, 11) is 0. The van der Waals surface area contributed by atoms with E-state index in [9.17, 15) is 4.79 Å². The van der Waals surface area contributed by atoms with Crippen molar-refractivity contribution in [2.45, 2.75) is 0 Å². The molecular formula is C13H9ClN4OSe. The van der Waals surface area contributed by atoms with Crippen LogP contribution in [0.5, 0.6) is 0 Å². The van der Waals surface area contributed by atoms with Crippen molar-refractivity contribution in [3.63, 3.8) is 0 Å². The Morgan fingerprint density at radius 1 is 1.25 bits per heavy atom. The number of amides is 1. The number of aromatic nitrogens is 2. The van der Waals surface area contributed by atoms with Crippen molar-refractivity contribution in [3.8, 4) is 0 Å². The molecule has 3 N–H and O–H groups in total. The fourth-order valence-electron chi connectivity index (χ4n) is 1.84. The number of benzene rings is 2. The van der Waals surface area contributed by atoms with Crippen LogP contribution in [0.15, 0.2) is 36.4 Å². The van der Waals surface area contributed by atoms with E-state index in [2.05, 4.69) is 13.3 Å². The molecule has 0 bridgehead atoms. The van der Waals surface area contributed by atoms with Gasteiger partial charge in [-0.2, -0.15) is 0 Å². The number of carbonyl (C=O) groups excluding carboxylic acids is 1. The molecule has 3 rings (SSSR count). The van der Waals surface area contributed by atoms with Crippen molar-refractivity contribution in [3.05, 3.63) is 47.0 Å². The minimum atomic E-state index is -0.290. The van der Waals surface area contributed by atoms with Crippen LogP contribution in [-0.4, -0.2) is 28.8 Å². The topological polar surface area (TPSA) is 80.9 Å². The molecule has 0 fully saturated rings. The average molecular weight is 352 g/mol. The quantitative estimate of drug-likeness (QED) is 0.548. The molecule has 1 heterocycles. The van der Waals surface area contributed by atoms with Gasteiger partial charge < -0.3 is 0 Å². The normalized spacial score (nSPS) is 10.7. The first kappa shape index (κ1) is 13.1. The summed E-state index contributed by atoms with van der Waals surface area (Å²) in [6.45, 7) is 0. The van der Waals surface area contributed by atoms with Crippen molar-refractivity contribution in [2.75, 3.05) is 11.1 Å². The van der Waals surface area contributed by atoms with Crippen LogP contribution < -0.4 is 11.1 Å². The molecule has 0 saturated heterocycles. The van der Waals surface area contributed by atoms with Gasteiger partial charge in [-0.05, 0) is 0 Å². The number of anilines is 2. The van der Waals surface area contributed by atoms with E-state index in [0.717, 1.165) is 11.0 Å². The van der Waals surface area contributed by atoms with E-state index in [1.807, 2.05) is 12.1 Å². The number of hydrogen-bond acceptors (Lipinski definition) is 4. The molecule has 3 aromatic rings. The molecule has 0 radical (unpaired) electrons. The van der Waals surface area contributed by atoms with Crippen molar-refractivity contribution in [1.29, 1.82) is 0 Å². The summed E-state index contributed by atoms with van der Waals surface area (Å²) >= 11 is 5.69. The molecule has 0 aliphatic carbocycles. The maximum absolute atomic E-state index is 12.2. The van der Waals surface area contributed by atoms with Crippen LogP contribution in [0, 0.1) is 0 Å². The standard InChI is InChI=1S/C13H9ClN4OSe/c14-7-4-5-8(9(15)6-7)13(19)16-10-2-1-3-11-12(10)18-20-17-11/h1-6H,15H2,(H,16,19). The molecule has 0 unspecified atom stereocenters. The Morgan fingerprint density at radius 2 is 2.10 bits per heavy atom. The number of rotatable bonds is 2. The van der Waals surface area contributed by atoms with Gasteiger partial charge in [0.25, 0.3) is 0 Å². The molecule has 1 aromatic heterocycles. The minimum absolute atomic E-state index is 0.136. The Bertz CT molecular complexity index is 802. The molecule has 0 aliphatic rings. The molecule has 5 nitrogen and oxygen atoms in total. The second kappa shape index (κ2) is 5.25. The molecule has 100 valence electrons. The Hall–Kier alpha value is -1.88. The third-order valence-corrected chi connectivity index (χ3v) is 4.17. The number of nitrogens with zero attached hydrogens (tertiary/aromatic N) is 2. The summed E-state index contributed by atoms with van der Waals surface area (Å²) in [4.78, 5) is 12.2.